The molecule has 2 bridgehead atoms. The van der Waals surface area contributed by atoms with Crippen LogP contribution in [0.2, 0.25) is 0 Å². The predicted octanol–water partition coefficient (Wildman–Crippen LogP) is 0.696. The molecule has 4 rings (SSSR count). The molecule has 4 fully saturated rings. The van der Waals surface area contributed by atoms with Gasteiger partial charge in [-0.3, -0.25) is 9.80 Å². The number of aliphatic hydroxyl groups excluding tert-OH is 1. The zero-order valence-corrected chi connectivity index (χ0v) is 11.3. The van der Waals surface area contributed by atoms with Gasteiger partial charge < -0.3 is 9.84 Å². The maximum Gasteiger partial charge on any atom is 0.0707 e. The summed E-state index contributed by atoms with van der Waals surface area (Å²) < 4.78 is 5.63. The van der Waals surface area contributed by atoms with Crippen molar-refractivity contribution in [2.75, 3.05) is 39.3 Å². The van der Waals surface area contributed by atoms with Crippen LogP contribution >= 0.6 is 0 Å². The van der Waals surface area contributed by atoms with Gasteiger partial charge in [0.25, 0.3) is 0 Å². The minimum absolute atomic E-state index is 0.144. The van der Waals surface area contributed by atoms with Crippen molar-refractivity contribution in [2.24, 2.45) is 0 Å². The molecule has 0 aromatic heterocycles. The van der Waals surface area contributed by atoms with E-state index in [1.165, 1.54) is 25.9 Å². The lowest BCUT2D eigenvalue weighted by Crippen LogP contribution is -2.64. The molecule has 0 aromatic rings. The van der Waals surface area contributed by atoms with E-state index in [0.717, 1.165) is 45.5 Å². The van der Waals surface area contributed by atoms with E-state index < -0.39 is 0 Å². The van der Waals surface area contributed by atoms with Gasteiger partial charge in [-0.25, -0.2) is 0 Å². The Kier molecular flexibility index (Phi) is 4.19. The Morgan fingerprint density at radius 3 is 2.67 bits per heavy atom. The van der Waals surface area contributed by atoms with E-state index >= 15 is 0 Å². The zero-order valence-electron chi connectivity index (χ0n) is 11.3. The average molecular weight is 254 g/mol. The van der Waals surface area contributed by atoms with Crippen LogP contribution in [0.3, 0.4) is 0 Å². The first kappa shape index (κ1) is 12.9. The number of nitrogens with zero attached hydrogens (tertiary/aromatic N) is 2. The van der Waals surface area contributed by atoms with Gasteiger partial charge in [0.15, 0.2) is 0 Å². The summed E-state index contributed by atoms with van der Waals surface area (Å²) in [4.78, 5) is 4.98. The molecule has 0 aliphatic carbocycles. The highest BCUT2D eigenvalue weighted by atomic mass is 16.5. The van der Waals surface area contributed by atoms with Crippen LogP contribution < -0.4 is 0 Å². The van der Waals surface area contributed by atoms with Crippen LogP contribution in [0.4, 0.5) is 0 Å². The first-order chi connectivity index (χ1) is 8.83. The fourth-order valence-corrected chi connectivity index (χ4v) is 3.64. The first-order valence-corrected chi connectivity index (χ1v) is 7.59. The van der Waals surface area contributed by atoms with Gasteiger partial charge in [-0.1, -0.05) is 0 Å². The van der Waals surface area contributed by atoms with Crippen LogP contribution in [-0.2, 0) is 4.74 Å². The maximum atomic E-state index is 10.4. The molecule has 4 heteroatoms. The quantitative estimate of drug-likeness (QED) is 0.783. The lowest BCUT2D eigenvalue weighted by Gasteiger charge is -2.49. The monoisotopic (exact) mass is 254 g/mol. The SMILES string of the molecule is OC(CCCC1CCCO1)C1CN2CCN1CC2. The third-order valence-electron chi connectivity index (χ3n) is 4.82. The number of hydrogen-bond acceptors (Lipinski definition) is 4. The van der Waals surface area contributed by atoms with E-state index in [0.29, 0.717) is 12.1 Å². The Labute approximate surface area is 110 Å². The van der Waals surface area contributed by atoms with E-state index in [1.54, 1.807) is 0 Å². The van der Waals surface area contributed by atoms with Gasteiger partial charge in [-0.15, -0.1) is 0 Å². The Bertz CT molecular complexity index is 261. The van der Waals surface area contributed by atoms with Crippen LogP contribution in [0.25, 0.3) is 0 Å². The van der Waals surface area contributed by atoms with Crippen LogP contribution in [-0.4, -0.2) is 72.5 Å². The minimum Gasteiger partial charge on any atom is -0.391 e. The Morgan fingerprint density at radius 2 is 2.06 bits per heavy atom. The number of piperazine rings is 3. The van der Waals surface area contributed by atoms with E-state index in [2.05, 4.69) is 9.80 Å². The van der Waals surface area contributed by atoms with Crippen LogP contribution in [0.15, 0.2) is 0 Å². The zero-order chi connectivity index (χ0) is 12.4. The maximum absolute atomic E-state index is 10.4. The van der Waals surface area contributed by atoms with Crippen molar-refractivity contribution < 1.29 is 9.84 Å². The molecule has 0 amide bonds. The molecular weight excluding hydrogens is 228 g/mol. The van der Waals surface area contributed by atoms with Gasteiger partial charge in [0.2, 0.25) is 0 Å². The van der Waals surface area contributed by atoms with E-state index in [9.17, 15) is 5.11 Å². The van der Waals surface area contributed by atoms with Crippen molar-refractivity contribution in [2.45, 2.75) is 50.4 Å². The highest BCUT2D eigenvalue weighted by Crippen LogP contribution is 2.23. The molecule has 4 nitrogen and oxygen atoms in total. The molecule has 104 valence electrons. The van der Waals surface area contributed by atoms with Crippen molar-refractivity contribution >= 4 is 0 Å². The molecule has 3 unspecified atom stereocenters. The molecule has 4 heterocycles. The summed E-state index contributed by atoms with van der Waals surface area (Å²) in [5, 5.41) is 10.4. The normalized spacial score (nSPS) is 41.2. The second-order valence-corrected chi connectivity index (χ2v) is 6.04. The second-order valence-electron chi connectivity index (χ2n) is 6.04. The fraction of sp³-hybridized carbons (Fsp3) is 1.00. The van der Waals surface area contributed by atoms with Crippen molar-refractivity contribution in [3.8, 4) is 0 Å². The average Bonchev–Trinajstić information content (AvgIpc) is 2.93. The van der Waals surface area contributed by atoms with Gasteiger partial charge >= 0.3 is 0 Å². The smallest absolute Gasteiger partial charge is 0.0707 e. The van der Waals surface area contributed by atoms with Gasteiger partial charge in [0, 0.05) is 45.4 Å². The highest BCUT2D eigenvalue weighted by Gasteiger charge is 2.35. The molecule has 18 heavy (non-hydrogen) atoms. The molecule has 4 saturated heterocycles. The number of fused-ring (bicyclic) bond motifs is 3. The third-order valence-corrected chi connectivity index (χ3v) is 4.82. The molecule has 4 aliphatic heterocycles. The molecule has 0 spiro atoms. The topological polar surface area (TPSA) is 35.9 Å². The largest absolute Gasteiger partial charge is 0.391 e. The molecule has 0 saturated carbocycles. The van der Waals surface area contributed by atoms with Crippen molar-refractivity contribution in [3.05, 3.63) is 0 Å². The lowest BCUT2D eigenvalue weighted by molar-refractivity contribution is -0.0493. The Morgan fingerprint density at radius 1 is 1.22 bits per heavy atom. The van der Waals surface area contributed by atoms with Crippen molar-refractivity contribution in [1.29, 1.82) is 0 Å². The highest BCUT2D eigenvalue weighted by molar-refractivity contribution is 4.91. The van der Waals surface area contributed by atoms with E-state index in [-0.39, 0.29) is 6.10 Å². The second kappa shape index (κ2) is 5.87. The molecule has 0 aromatic carbocycles. The summed E-state index contributed by atoms with van der Waals surface area (Å²) >= 11 is 0. The van der Waals surface area contributed by atoms with Gasteiger partial charge in [-0.05, 0) is 32.1 Å². The molecule has 3 atom stereocenters. The first-order valence-electron chi connectivity index (χ1n) is 7.59. The van der Waals surface area contributed by atoms with E-state index in [4.69, 9.17) is 4.74 Å². The van der Waals surface area contributed by atoms with Crippen LogP contribution in [0.1, 0.15) is 32.1 Å². The van der Waals surface area contributed by atoms with Gasteiger partial charge in [0.05, 0.1) is 12.2 Å². The molecule has 0 radical (unpaired) electrons. The number of aliphatic hydroxyl groups is 1. The Balaban J connectivity index is 1.39. The summed E-state index contributed by atoms with van der Waals surface area (Å²) in [6, 6.07) is 0.386. The lowest BCUT2D eigenvalue weighted by atomic mass is 9.97. The standard InChI is InChI=1S/C14H26N2O2/c17-14(5-1-3-12-4-2-10-18-12)13-11-15-6-8-16(13)9-7-15/h12-14,17H,1-11H2. The van der Waals surface area contributed by atoms with E-state index in [1.807, 2.05) is 0 Å². The molecule has 4 aliphatic rings. The molecule has 1 N–H and O–H groups in total. The number of hydrogen-bond donors (Lipinski definition) is 1. The summed E-state index contributed by atoms with van der Waals surface area (Å²) in [5.41, 5.74) is 0. The fourth-order valence-electron chi connectivity index (χ4n) is 3.64. The van der Waals surface area contributed by atoms with Gasteiger partial charge in [0.1, 0.15) is 0 Å². The Hall–Kier alpha value is -0.160. The summed E-state index contributed by atoms with van der Waals surface area (Å²) in [5.74, 6) is 0. The predicted molar refractivity (Wildman–Crippen MR) is 70.6 cm³/mol. The third kappa shape index (κ3) is 2.87. The minimum atomic E-state index is -0.144. The summed E-state index contributed by atoms with van der Waals surface area (Å²) in [6.07, 6.45) is 5.95. The number of rotatable bonds is 5. The van der Waals surface area contributed by atoms with Crippen LogP contribution in [0, 0.1) is 0 Å². The summed E-state index contributed by atoms with van der Waals surface area (Å²) in [6.45, 7) is 6.69. The van der Waals surface area contributed by atoms with Crippen molar-refractivity contribution in [1.82, 2.24) is 9.80 Å². The van der Waals surface area contributed by atoms with Crippen LogP contribution in [0.5, 0.6) is 0 Å². The number of ether oxygens (including phenoxy) is 1. The van der Waals surface area contributed by atoms with Crippen molar-refractivity contribution in [3.63, 3.8) is 0 Å². The summed E-state index contributed by atoms with van der Waals surface area (Å²) in [7, 11) is 0. The molecular formula is C14H26N2O2. The van der Waals surface area contributed by atoms with Gasteiger partial charge in [-0.2, -0.15) is 0 Å².